The van der Waals surface area contributed by atoms with Gasteiger partial charge in [-0.3, -0.25) is 4.79 Å². The lowest BCUT2D eigenvalue weighted by Gasteiger charge is -2.20. The lowest BCUT2D eigenvalue weighted by Crippen LogP contribution is -2.36. The average molecular weight is 330 g/mol. The standard InChI is InChI=1S/C19H30N4O/c1-5-22(6-2)13-9-10-15(3)20-19(24)14-23-16(4)21-17-11-7-8-12-18(17)23/h7-8,11-12,15H,5-6,9-10,13-14H2,1-4H3,(H,20,24)/t15-/m0/s1. The molecular weight excluding hydrogens is 300 g/mol. The van der Waals surface area contributed by atoms with E-state index in [9.17, 15) is 4.79 Å². The molecule has 0 aliphatic rings. The van der Waals surface area contributed by atoms with Gasteiger partial charge in [0, 0.05) is 6.04 Å². The second-order valence-corrected chi connectivity index (χ2v) is 6.37. The smallest absolute Gasteiger partial charge is 0.240 e. The Morgan fingerprint density at radius 3 is 2.71 bits per heavy atom. The van der Waals surface area contributed by atoms with Gasteiger partial charge in [-0.15, -0.1) is 0 Å². The minimum atomic E-state index is 0.0524. The van der Waals surface area contributed by atoms with Crippen molar-refractivity contribution in [1.82, 2.24) is 19.8 Å². The molecule has 0 saturated carbocycles. The van der Waals surface area contributed by atoms with Crippen LogP contribution in [0.15, 0.2) is 24.3 Å². The SMILES string of the molecule is CCN(CC)CCC[C@H](C)NC(=O)Cn1c(C)nc2ccccc21. The predicted molar refractivity (Wildman–Crippen MR) is 99.1 cm³/mol. The molecule has 1 N–H and O–H groups in total. The molecule has 5 heteroatoms. The molecule has 0 spiro atoms. The Bertz CT molecular complexity index is 660. The zero-order valence-electron chi connectivity index (χ0n) is 15.4. The maximum absolute atomic E-state index is 12.4. The van der Waals surface area contributed by atoms with E-state index in [0.29, 0.717) is 6.54 Å². The maximum atomic E-state index is 12.4. The van der Waals surface area contributed by atoms with Gasteiger partial charge in [0.15, 0.2) is 0 Å². The number of hydrogen-bond donors (Lipinski definition) is 1. The van der Waals surface area contributed by atoms with E-state index in [2.05, 4.69) is 36.0 Å². The highest BCUT2D eigenvalue weighted by Gasteiger charge is 2.12. The number of benzene rings is 1. The van der Waals surface area contributed by atoms with Crippen molar-refractivity contribution in [3.63, 3.8) is 0 Å². The van der Waals surface area contributed by atoms with Crippen LogP contribution in [-0.2, 0) is 11.3 Å². The summed E-state index contributed by atoms with van der Waals surface area (Å²) in [5.74, 6) is 0.928. The first-order chi connectivity index (χ1) is 11.5. The van der Waals surface area contributed by atoms with Crippen LogP contribution < -0.4 is 5.32 Å². The first kappa shape index (κ1) is 18.5. The zero-order chi connectivity index (χ0) is 17.5. The molecule has 0 fully saturated rings. The number of nitrogens with zero attached hydrogens (tertiary/aromatic N) is 3. The van der Waals surface area contributed by atoms with Crippen LogP contribution in [0.25, 0.3) is 11.0 Å². The topological polar surface area (TPSA) is 50.2 Å². The first-order valence-electron chi connectivity index (χ1n) is 8.98. The van der Waals surface area contributed by atoms with Crippen LogP contribution in [-0.4, -0.2) is 46.0 Å². The Morgan fingerprint density at radius 1 is 1.29 bits per heavy atom. The Morgan fingerprint density at radius 2 is 2.00 bits per heavy atom. The summed E-state index contributed by atoms with van der Waals surface area (Å²) >= 11 is 0. The van der Waals surface area contributed by atoms with Crippen LogP contribution >= 0.6 is 0 Å². The molecule has 1 heterocycles. The van der Waals surface area contributed by atoms with Crippen molar-refractivity contribution in [2.45, 2.75) is 53.1 Å². The van der Waals surface area contributed by atoms with E-state index in [0.717, 1.165) is 49.3 Å². The van der Waals surface area contributed by atoms with Gasteiger partial charge < -0.3 is 14.8 Å². The van der Waals surface area contributed by atoms with E-state index in [1.165, 1.54) is 0 Å². The van der Waals surface area contributed by atoms with Gasteiger partial charge in [0.1, 0.15) is 12.4 Å². The lowest BCUT2D eigenvalue weighted by atomic mass is 10.1. The molecule has 2 aromatic rings. The van der Waals surface area contributed by atoms with E-state index >= 15 is 0 Å². The minimum absolute atomic E-state index is 0.0524. The number of rotatable bonds is 9. The Labute approximate surface area is 145 Å². The Kier molecular flexibility index (Phi) is 6.79. The molecule has 0 saturated heterocycles. The number of fused-ring (bicyclic) bond motifs is 1. The van der Waals surface area contributed by atoms with Gasteiger partial charge in [0.2, 0.25) is 5.91 Å². The van der Waals surface area contributed by atoms with Gasteiger partial charge in [0.25, 0.3) is 0 Å². The van der Waals surface area contributed by atoms with Crippen molar-refractivity contribution >= 4 is 16.9 Å². The van der Waals surface area contributed by atoms with Gasteiger partial charge in [-0.05, 0) is 58.5 Å². The van der Waals surface area contributed by atoms with Crippen molar-refractivity contribution < 1.29 is 4.79 Å². The summed E-state index contributed by atoms with van der Waals surface area (Å²) in [5.41, 5.74) is 1.95. The summed E-state index contributed by atoms with van der Waals surface area (Å²) < 4.78 is 1.98. The fourth-order valence-electron chi connectivity index (χ4n) is 3.09. The number of hydrogen-bond acceptors (Lipinski definition) is 3. The molecule has 0 bridgehead atoms. The van der Waals surface area contributed by atoms with Crippen molar-refractivity contribution in [3.8, 4) is 0 Å². The van der Waals surface area contributed by atoms with Crippen LogP contribution in [0, 0.1) is 6.92 Å². The highest BCUT2D eigenvalue weighted by atomic mass is 16.2. The van der Waals surface area contributed by atoms with E-state index in [1.54, 1.807) is 0 Å². The van der Waals surface area contributed by atoms with Crippen LogP contribution in [0.1, 0.15) is 39.4 Å². The fraction of sp³-hybridized carbons (Fsp3) is 0.579. The molecule has 5 nitrogen and oxygen atoms in total. The third-order valence-corrected chi connectivity index (χ3v) is 4.56. The number of carbonyl (C=O) groups excluding carboxylic acids is 1. The first-order valence-corrected chi connectivity index (χ1v) is 8.98. The number of nitrogens with one attached hydrogen (secondary N) is 1. The molecule has 1 amide bonds. The minimum Gasteiger partial charge on any atom is -0.352 e. The van der Waals surface area contributed by atoms with Gasteiger partial charge >= 0.3 is 0 Å². The van der Waals surface area contributed by atoms with E-state index in [4.69, 9.17) is 0 Å². The third kappa shape index (κ3) is 4.81. The van der Waals surface area contributed by atoms with Gasteiger partial charge in [-0.1, -0.05) is 26.0 Å². The molecule has 132 valence electrons. The normalized spacial score (nSPS) is 12.7. The average Bonchev–Trinajstić information content (AvgIpc) is 2.87. The quantitative estimate of drug-likeness (QED) is 0.769. The summed E-state index contributed by atoms with van der Waals surface area (Å²) in [6.45, 7) is 12.0. The highest BCUT2D eigenvalue weighted by molar-refractivity contribution is 5.81. The second kappa shape index (κ2) is 8.83. The highest BCUT2D eigenvalue weighted by Crippen LogP contribution is 2.15. The lowest BCUT2D eigenvalue weighted by molar-refractivity contribution is -0.122. The third-order valence-electron chi connectivity index (χ3n) is 4.56. The largest absolute Gasteiger partial charge is 0.352 e. The molecule has 2 rings (SSSR count). The number of aromatic nitrogens is 2. The van der Waals surface area contributed by atoms with E-state index in [1.807, 2.05) is 35.8 Å². The van der Waals surface area contributed by atoms with Crippen LogP contribution in [0.2, 0.25) is 0 Å². The van der Waals surface area contributed by atoms with Crippen molar-refractivity contribution in [2.75, 3.05) is 19.6 Å². The number of para-hydroxylation sites is 2. The van der Waals surface area contributed by atoms with E-state index in [-0.39, 0.29) is 11.9 Å². The molecule has 0 aliphatic carbocycles. The summed E-state index contributed by atoms with van der Waals surface area (Å²) in [4.78, 5) is 19.3. The fourth-order valence-corrected chi connectivity index (χ4v) is 3.09. The molecular formula is C19H30N4O. The van der Waals surface area contributed by atoms with Crippen molar-refractivity contribution in [1.29, 1.82) is 0 Å². The number of carbonyl (C=O) groups is 1. The number of aryl methyl sites for hydroxylation is 1. The summed E-state index contributed by atoms with van der Waals surface area (Å²) in [5, 5.41) is 3.11. The summed E-state index contributed by atoms with van der Waals surface area (Å²) in [7, 11) is 0. The molecule has 0 unspecified atom stereocenters. The Hall–Kier alpha value is -1.88. The van der Waals surface area contributed by atoms with E-state index < -0.39 is 0 Å². The van der Waals surface area contributed by atoms with Crippen LogP contribution in [0.3, 0.4) is 0 Å². The molecule has 1 aromatic heterocycles. The molecule has 0 aliphatic heterocycles. The van der Waals surface area contributed by atoms with Crippen LogP contribution in [0.5, 0.6) is 0 Å². The second-order valence-electron chi connectivity index (χ2n) is 6.37. The molecule has 24 heavy (non-hydrogen) atoms. The van der Waals surface area contributed by atoms with Gasteiger partial charge in [-0.2, -0.15) is 0 Å². The monoisotopic (exact) mass is 330 g/mol. The Balaban J connectivity index is 1.85. The zero-order valence-corrected chi connectivity index (χ0v) is 15.4. The maximum Gasteiger partial charge on any atom is 0.240 e. The van der Waals surface area contributed by atoms with Crippen molar-refractivity contribution in [3.05, 3.63) is 30.1 Å². The molecule has 0 radical (unpaired) electrons. The van der Waals surface area contributed by atoms with Gasteiger partial charge in [0.05, 0.1) is 11.0 Å². The van der Waals surface area contributed by atoms with Crippen molar-refractivity contribution in [2.24, 2.45) is 0 Å². The van der Waals surface area contributed by atoms with Crippen LogP contribution in [0.4, 0.5) is 0 Å². The molecule has 1 atom stereocenters. The summed E-state index contributed by atoms with van der Waals surface area (Å²) in [6.07, 6.45) is 2.11. The molecule has 1 aromatic carbocycles. The predicted octanol–water partition coefficient (Wildman–Crippen LogP) is 2.97. The summed E-state index contributed by atoms with van der Waals surface area (Å²) in [6, 6.07) is 8.14. The number of imidazole rings is 1. The number of amides is 1. The van der Waals surface area contributed by atoms with Gasteiger partial charge in [-0.25, -0.2) is 4.98 Å².